The van der Waals surface area contributed by atoms with Crippen molar-refractivity contribution in [3.63, 3.8) is 0 Å². The maximum atomic E-state index is 10.9. The van der Waals surface area contributed by atoms with Gasteiger partial charge in [-0.15, -0.1) is 0 Å². The lowest BCUT2D eigenvalue weighted by Gasteiger charge is -2.40. The standard InChI is InChI=1S/C14H20N2O4/c1-19-13-7-11(6-12(8-13)16(17)18)9-15-10-14(20-2)4-3-5-14/h6-8,15H,3-5,9-10H2,1-2H3. The second-order valence-corrected chi connectivity index (χ2v) is 5.14. The molecule has 1 fully saturated rings. The Hall–Kier alpha value is -1.66. The number of non-ortho nitro benzene ring substituents is 1. The monoisotopic (exact) mass is 280 g/mol. The third kappa shape index (κ3) is 3.26. The fourth-order valence-electron chi connectivity index (χ4n) is 2.43. The van der Waals surface area contributed by atoms with Gasteiger partial charge in [-0.2, -0.15) is 0 Å². The molecule has 2 rings (SSSR count). The van der Waals surface area contributed by atoms with Crippen molar-refractivity contribution in [1.29, 1.82) is 0 Å². The Morgan fingerprint density at radius 3 is 2.60 bits per heavy atom. The SMILES string of the molecule is COc1cc(CNCC2(OC)CCC2)cc([N+](=O)[O-])c1. The lowest BCUT2D eigenvalue weighted by molar-refractivity contribution is -0.385. The molecule has 1 aliphatic carbocycles. The van der Waals surface area contributed by atoms with E-state index in [0.717, 1.165) is 24.9 Å². The van der Waals surface area contributed by atoms with Gasteiger partial charge in [0.2, 0.25) is 0 Å². The van der Waals surface area contributed by atoms with Crippen LogP contribution in [0.5, 0.6) is 5.75 Å². The van der Waals surface area contributed by atoms with Gasteiger partial charge in [0.05, 0.1) is 23.7 Å². The van der Waals surface area contributed by atoms with Gasteiger partial charge in [-0.1, -0.05) is 0 Å². The Labute approximate surface area is 118 Å². The van der Waals surface area contributed by atoms with Crippen LogP contribution in [-0.4, -0.2) is 31.3 Å². The van der Waals surface area contributed by atoms with Crippen molar-refractivity contribution in [2.75, 3.05) is 20.8 Å². The number of nitro groups is 1. The molecule has 0 amide bonds. The summed E-state index contributed by atoms with van der Waals surface area (Å²) in [6.45, 7) is 1.32. The summed E-state index contributed by atoms with van der Waals surface area (Å²) in [4.78, 5) is 10.5. The molecule has 0 spiro atoms. The van der Waals surface area contributed by atoms with Gasteiger partial charge in [0, 0.05) is 26.3 Å². The zero-order valence-corrected chi connectivity index (χ0v) is 11.8. The van der Waals surface area contributed by atoms with Gasteiger partial charge in [-0.25, -0.2) is 0 Å². The van der Waals surface area contributed by atoms with Gasteiger partial charge in [-0.05, 0) is 30.9 Å². The van der Waals surface area contributed by atoms with Crippen LogP contribution < -0.4 is 10.1 Å². The van der Waals surface area contributed by atoms with Crippen molar-refractivity contribution in [3.8, 4) is 5.75 Å². The summed E-state index contributed by atoms with van der Waals surface area (Å²) in [6.07, 6.45) is 3.32. The summed E-state index contributed by atoms with van der Waals surface area (Å²) in [7, 11) is 3.24. The van der Waals surface area contributed by atoms with E-state index in [1.165, 1.54) is 19.6 Å². The van der Waals surface area contributed by atoms with Gasteiger partial charge < -0.3 is 14.8 Å². The average molecular weight is 280 g/mol. The predicted molar refractivity (Wildman–Crippen MR) is 74.9 cm³/mol. The molecular weight excluding hydrogens is 260 g/mol. The molecular formula is C14H20N2O4. The number of rotatable bonds is 7. The second-order valence-electron chi connectivity index (χ2n) is 5.14. The van der Waals surface area contributed by atoms with Gasteiger partial charge in [-0.3, -0.25) is 10.1 Å². The van der Waals surface area contributed by atoms with Crippen molar-refractivity contribution in [2.45, 2.75) is 31.4 Å². The molecule has 1 aromatic carbocycles. The number of nitrogens with one attached hydrogen (secondary N) is 1. The van der Waals surface area contributed by atoms with E-state index in [1.807, 2.05) is 0 Å². The zero-order valence-electron chi connectivity index (χ0n) is 11.8. The second kappa shape index (κ2) is 6.19. The first-order valence-electron chi connectivity index (χ1n) is 6.67. The van der Waals surface area contributed by atoms with Crippen LogP contribution in [0.3, 0.4) is 0 Å². The fourth-order valence-corrected chi connectivity index (χ4v) is 2.43. The van der Waals surface area contributed by atoms with E-state index in [0.29, 0.717) is 12.3 Å². The number of nitro benzene ring substituents is 1. The Morgan fingerprint density at radius 2 is 2.10 bits per heavy atom. The normalized spacial score (nSPS) is 16.5. The minimum absolute atomic E-state index is 0.0475. The molecule has 1 N–H and O–H groups in total. The summed E-state index contributed by atoms with van der Waals surface area (Å²) >= 11 is 0. The Kier molecular flexibility index (Phi) is 4.57. The van der Waals surface area contributed by atoms with Crippen molar-refractivity contribution in [2.24, 2.45) is 0 Å². The molecule has 1 aliphatic rings. The van der Waals surface area contributed by atoms with Crippen molar-refractivity contribution >= 4 is 5.69 Å². The molecule has 0 aromatic heterocycles. The molecule has 0 saturated heterocycles. The number of hydrogen-bond acceptors (Lipinski definition) is 5. The third-order valence-corrected chi connectivity index (χ3v) is 3.87. The molecule has 20 heavy (non-hydrogen) atoms. The van der Waals surface area contributed by atoms with Crippen LogP contribution in [0.2, 0.25) is 0 Å². The van der Waals surface area contributed by atoms with Crippen LogP contribution in [0.25, 0.3) is 0 Å². The minimum atomic E-state index is -0.408. The van der Waals surface area contributed by atoms with Crippen molar-refractivity contribution < 1.29 is 14.4 Å². The van der Waals surface area contributed by atoms with Crippen molar-refractivity contribution in [3.05, 3.63) is 33.9 Å². The maximum Gasteiger partial charge on any atom is 0.273 e. The number of hydrogen-bond donors (Lipinski definition) is 1. The Balaban J connectivity index is 1.98. The first kappa shape index (κ1) is 14.7. The van der Waals surface area contributed by atoms with Crippen LogP contribution >= 0.6 is 0 Å². The minimum Gasteiger partial charge on any atom is -0.496 e. The van der Waals surface area contributed by atoms with Crippen LogP contribution in [0.1, 0.15) is 24.8 Å². The smallest absolute Gasteiger partial charge is 0.273 e. The highest BCUT2D eigenvalue weighted by molar-refractivity contribution is 5.42. The predicted octanol–water partition coefficient (Wildman–Crippen LogP) is 2.26. The number of benzene rings is 1. The molecule has 0 aliphatic heterocycles. The van der Waals surface area contributed by atoms with E-state index < -0.39 is 4.92 Å². The van der Waals surface area contributed by atoms with E-state index in [-0.39, 0.29) is 11.3 Å². The molecule has 0 bridgehead atoms. The first-order chi connectivity index (χ1) is 9.58. The van der Waals surface area contributed by atoms with Gasteiger partial charge in [0.1, 0.15) is 5.75 Å². The van der Waals surface area contributed by atoms with Crippen LogP contribution in [-0.2, 0) is 11.3 Å². The summed E-state index contributed by atoms with van der Waals surface area (Å²) < 4.78 is 10.6. The lowest BCUT2D eigenvalue weighted by atomic mass is 9.80. The molecule has 0 unspecified atom stereocenters. The van der Waals surface area contributed by atoms with Gasteiger partial charge in [0.25, 0.3) is 5.69 Å². The lowest BCUT2D eigenvalue weighted by Crippen LogP contribution is -2.47. The molecule has 1 aromatic rings. The molecule has 1 saturated carbocycles. The number of methoxy groups -OCH3 is 2. The summed E-state index contributed by atoms with van der Waals surface area (Å²) in [6, 6.07) is 4.79. The van der Waals surface area contributed by atoms with Crippen LogP contribution in [0, 0.1) is 10.1 Å². The van der Waals surface area contributed by atoms with E-state index in [2.05, 4.69) is 5.32 Å². The average Bonchev–Trinajstić information content (AvgIpc) is 2.41. The Morgan fingerprint density at radius 1 is 1.35 bits per heavy atom. The summed E-state index contributed by atoms with van der Waals surface area (Å²) in [5.74, 6) is 0.501. The van der Waals surface area contributed by atoms with E-state index in [9.17, 15) is 10.1 Å². The molecule has 0 atom stereocenters. The maximum absolute atomic E-state index is 10.9. The van der Waals surface area contributed by atoms with E-state index >= 15 is 0 Å². The van der Waals surface area contributed by atoms with E-state index in [1.54, 1.807) is 19.2 Å². The zero-order chi connectivity index (χ0) is 14.6. The van der Waals surface area contributed by atoms with E-state index in [4.69, 9.17) is 9.47 Å². The molecule has 6 heteroatoms. The van der Waals surface area contributed by atoms with Crippen LogP contribution in [0.4, 0.5) is 5.69 Å². The summed E-state index contributed by atoms with van der Waals surface area (Å²) in [5, 5.41) is 14.2. The molecule has 0 heterocycles. The van der Waals surface area contributed by atoms with Gasteiger partial charge >= 0.3 is 0 Å². The van der Waals surface area contributed by atoms with Gasteiger partial charge in [0.15, 0.2) is 0 Å². The molecule has 110 valence electrons. The topological polar surface area (TPSA) is 73.6 Å². The highest BCUT2D eigenvalue weighted by atomic mass is 16.6. The molecule has 0 radical (unpaired) electrons. The fraction of sp³-hybridized carbons (Fsp3) is 0.571. The largest absolute Gasteiger partial charge is 0.496 e. The van der Waals surface area contributed by atoms with Crippen LogP contribution in [0.15, 0.2) is 18.2 Å². The quantitative estimate of drug-likeness (QED) is 0.612. The third-order valence-electron chi connectivity index (χ3n) is 3.87. The first-order valence-corrected chi connectivity index (χ1v) is 6.67. The number of nitrogens with zero attached hydrogens (tertiary/aromatic N) is 1. The van der Waals surface area contributed by atoms with Crippen molar-refractivity contribution in [1.82, 2.24) is 5.32 Å². The Bertz CT molecular complexity index is 481. The highest BCUT2D eigenvalue weighted by Gasteiger charge is 2.36. The number of ether oxygens (including phenoxy) is 2. The highest BCUT2D eigenvalue weighted by Crippen LogP contribution is 2.34. The summed E-state index contributed by atoms with van der Waals surface area (Å²) in [5.41, 5.74) is 0.831. The molecule has 6 nitrogen and oxygen atoms in total.